The van der Waals surface area contributed by atoms with Crippen molar-refractivity contribution in [2.75, 3.05) is 80.4 Å². The van der Waals surface area contributed by atoms with Gasteiger partial charge in [0.25, 0.3) is 17.8 Å². The number of pyridine rings is 2. The summed E-state index contributed by atoms with van der Waals surface area (Å²) in [6.07, 6.45) is 9.11. The molecule has 4 saturated heterocycles. The van der Waals surface area contributed by atoms with Gasteiger partial charge in [0.2, 0.25) is 5.91 Å². The second-order valence-corrected chi connectivity index (χ2v) is 17.6. The van der Waals surface area contributed by atoms with Crippen LogP contribution in [0.5, 0.6) is 0 Å². The van der Waals surface area contributed by atoms with Crippen LogP contribution in [0, 0.1) is 29.1 Å². The number of aromatic nitrogens is 6. The molecule has 64 heavy (non-hydrogen) atoms. The molecule has 4 aliphatic rings. The number of amides is 2. The number of hydrogen-bond donors (Lipinski definition) is 6. The zero-order valence-corrected chi connectivity index (χ0v) is 36.9. The molecule has 17 nitrogen and oxygen atoms in total. The predicted molar refractivity (Wildman–Crippen MR) is 237 cm³/mol. The number of carbonyl (C=O) groups is 2. The minimum Gasteiger partial charge on any atom is -0.381 e. The molecule has 4 aromatic rings. The van der Waals surface area contributed by atoms with E-state index in [9.17, 15) is 14.0 Å². The summed E-state index contributed by atoms with van der Waals surface area (Å²) < 4.78 is 48.0. The van der Waals surface area contributed by atoms with E-state index in [2.05, 4.69) is 68.7 Å². The number of piperidine rings is 1. The van der Waals surface area contributed by atoms with Gasteiger partial charge < -0.3 is 46.1 Å². The van der Waals surface area contributed by atoms with Crippen molar-refractivity contribution < 1.29 is 32.6 Å². The summed E-state index contributed by atoms with van der Waals surface area (Å²) in [6.45, 7) is 6.92. The fourth-order valence-corrected chi connectivity index (χ4v) is 8.91. The molecule has 5 unspecified atom stereocenters. The number of nitrogens with one attached hydrogen (secondary N) is 6. The summed E-state index contributed by atoms with van der Waals surface area (Å²) in [7, 11) is 0. The highest BCUT2D eigenvalue weighted by atomic mass is 35.5. The van der Waals surface area contributed by atoms with Crippen LogP contribution in [0.1, 0.15) is 51.9 Å². The first-order chi connectivity index (χ1) is 31.1. The molecule has 4 fully saturated rings. The number of hydrogen-bond acceptors (Lipinski definition) is 15. The smallest absolute Gasteiger partial charge is 0.256 e. The lowest BCUT2D eigenvalue weighted by Gasteiger charge is -2.44. The Hall–Kier alpha value is -4.76. The molecule has 2 amide bonds. The monoisotopic (exact) mass is 924 g/mol. The Bertz CT molecular complexity index is 2290. The number of nitrogens with zero attached hydrogens (tertiary/aromatic N) is 6. The number of rotatable bonds is 14. The summed E-state index contributed by atoms with van der Waals surface area (Å²) in [5.41, 5.74) is 1.14. The lowest BCUT2D eigenvalue weighted by molar-refractivity contribution is -0.160. The highest BCUT2D eigenvalue weighted by molar-refractivity contribution is 6.33. The summed E-state index contributed by atoms with van der Waals surface area (Å²) in [6, 6.07) is 3.17. The lowest BCUT2D eigenvalue weighted by Crippen LogP contribution is -2.56. The van der Waals surface area contributed by atoms with Crippen LogP contribution in [-0.2, 0) is 23.8 Å². The topological polar surface area (TPSA) is 211 Å². The quantitative estimate of drug-likeness (QED) is 0.0892. The van der Waals surface area contributed by atoms with Crippen molar-refractivity contribution in [1.29, 1.82) is 0 Å². The Morgan fingerprint density at radius 3 is 2.09 bits per heavy atom. The summed E-state index contributed by atoms with van der Waals surface area (Å²) >= 11 is 13.1. The van der Waals surface area contributed by atoms with E-state index in [1.54, 1.807) is 12.1 Å². The Kier molecular flexibility index (Phi) is 15.1. The Morgan fingerprint density at radius 2 is 1.45 bits per heavy atom. The number of halogens is 4. The van der Waals surface area contributed by atoms with Crippen LogP contribution in [0.2, 0.25) is 10.0 Å². The second-order valence-electron chi connectivity index (χ2n) is 16.7. The Labute approximate surface area is 379 Å². The van der Waals surface area contributed by atoms with E-state index in [-0.39, 0.29) is 57.4 Å². The van der Waals surface area contributed by atoms with E-state index >= 15 is 4.39 Å². The number of ether oxygens (including phenoxy) is 3. The van der Waals surface area contributed by atoms with Crippen molar-refractivity contribution in [2.24, 2.45) is 17.3 Å². The van der Waals surface area contributed by atoms with Crippen molar-refractivity contribution >= 4 is 58.3 Å². The zero-order chi connectivity index (χ0) is 44.6. The average Bonchev–Trinajstić information content (AvgIpc) is 3.33. The van der Waals surface area contributed by atoms with Crippen LogP contribution in [0.4, 0.5) is 32.1 Å². The fraction of sp³-hybridized carbons (Fsp3) is 0.535. The van der Waals surface area contributed by atoms with Gasteiger partial charge in [-0.2, -0.15) is 8.78 Å². The van der Waals surface area contributed by atoms with Crippen LogP contribution in [0.15, 0.2) is 36.9 Å². The summed E-state index contributed by atoms with van der Waals surface area (Å²) in [4.78, 5) is 52.0. The second kappa shape index (κ2) is 21.0. The van der Waals surface area contributed by atoms with Gasteiger partial charge in [0.1, 0.15) is 17.7 Å². The predicted octanol–water partition coefficient (Wildman–Crippen LogP) is 5.74. The molecule has 5 atom stereocenters. The third kappa shape index (κ3) is 11.2. The van der Waals surface area contributed by atoms with Crippen molar-refractivity contribution in [3.05, 3.63) is 58.9 Å². The van der Waals surface area contributed by atoms with E-state index in [4.69, 9.17) is 37.4 Å². The molecule has 8 heterocycles. The molecule has 0 aromatic carbocycles. The van der Waals surface area contributed by atoms with Gasteiger partial charge in [0.05, 0.1) is 52.0 Å². The average molecular weight is 926 g/mol. The highest BCUT2D eigenvalue weighted by Gasteiger charge is 2.42. The molecule has 21 heteroatoms. The van der Waals surface area contributed by atoms with Gasteiger partial charge in [-0.15, -0.1) is 0 Å². The minimum absolute atomic E-state index is 0.00887. The van der Waals surface area contributed by atoms with E-state index < -0.39 is 30.0 Å². The molecule has 4 aromatic heterocycles. The first-order valence-corrected chi connectivity index (χ1v) is 22.5. The van der Waals surface area contributed by atoms with Crippen LogP contribution in [-0.4, -0.2) is 119 Å². The molecule has 8 rings (SSSR count). The molecule has 6 N–H and O–H groups in total. The molecular weight excluding hydrogens is 873 g/mol. The first-order valence-electron chi connectivity index (χ1n) is 21.8. The Morgan fingerprint density at radius 1 is 0.797 bits per heavy atom. The van der Waals surface area contributed by atoms with Gasteiger partial charge in [-0.3, -0.25) is 9.59 Å². The molecule has 0 spiro atoms. The van der Waals surface area contributed by atoms with Crippen LogP contribution < -0.4 is 31.9 Å². The zero-order valence-electron chi connectivity index (χ0n) is 35.4. The van der Waals surface area contributed by atoms with Gasteiger partial charge in [0, 0.05) is 76.1 Å². The van der Waals surface area contributed by atoms with E-state index in [0.29, 0.717) is 93.1 Å². The maximum absolute atomic E-state index is 15.2. The lowest BCUT2D eigenvalue weighted by atomic mass is 9.74. The summed E-state index contributed by atoms with van der Waals surface area (Å²) in [5, 5.41) is 19.0. The maximum Gasteiger partial charge on any atom is 0.256 e. The van der Waals surface area contributed by atoms with Crippen molar-refractivity contribution in [3.8, 4) is 22.5 Å². The normalized spacial score (nSPS) is 24.1. The fourth-order valence-electron chi connectivity index (χ4n) is 8.51. The van der Waals surface area contributed by atoms with Gasteiger partial charge in [-0.25, -0.2) is 29.9 Å². The first kappa shape index (κ1) is 45.8. The molecule has 4 aliphatic heterocycles. The van der Waals surface area contributed by atoms with E-state index in [0.717, 1.165) is 38.6 Å². The van der Waals surface area contributed by atoms with Crippen molar-refractivity contribution in [3.63, 3.8) is 0 Å². The molecular formula is C43H52Cl2F2N12O5. The third-order valence-electron chi connectivity index (χ3n) is 12.5. The maximum atomic E-state index is 15.2. The number of anilines is 4. The Balaban J connectivity index is 0.885. The van der Waals surface area contributed by atoms with Gasteiger partial charge >= 0.3 is 0 Å². The molecule has 0 saturated carbocycles. The number of morpholine rings is 1. The van der Waals surface area contributed by atoms with E-state index in [1.165, 1.54) is 24.8 Å². The SMILES string of the molecule is CCC1(CNc2nc(-c3cc(NC(=O)C4CCCNC4)ncc3Cl)cnc2F)CCOC(C2CNCC(C(=O)Nc3cc(-c4cnc(F)c(NCC5CCOCC5)n4)c(Cl)cn3)O2)C1. The van der Waals surface area contributed by atoms with Gasteiger partial charge in [-0.05, 0) is 75.0 Å². The summed E-state index contributed by atoms with van der Waals surface area (Å²) in [5.74, 6) is -1.43. The highest BCUT2D eigenvalue weighted by Crippen LogP contribution is 2.39. The van der Waals surface area contributed by atoms with Crippen LogP contribution in [0.3, 0.4) is 0 Å². The number of carbonyl (C=O) groups excluding carboxylic acids is 2. The largest absolute Gasteiger partial charge is 0.381 e. The van der Waals surface area contributed by atoms with Crippen LogP contribution >= 0.6 is 23.2 Å². The van der Waals surface area contributed by atoms with Crippen molar-refractivity contribution in [2.45, 2.75) is 70.2 Å². The molecule has 0 radical (unpaired) electrons. The third-order valence-corrected chi connectivity index (χ3v) is 13.1. The van der Waals surface area contributed by atoms with Crippen LogP contribution in [0.25, 0.3) is 22.5 Å². The van der Waals surface area contributed by atoms with Crippen molar-refractivity contribution in [1.82, 2.24) is 40.5 Å². The van der Waals surface area contributed by atoms with E-state index in [1.807, 2.05) is 0 Å². The van der Waals surface area contributed by atoms with Gasteiger partial charge in [0.15, 0.2) is 11.6 Å². The van der Waals surface area contributed by atoms with Gasteiger partial charge in [-0.1, -0.05) is 30.1 Å². The molecule has 0 bridgehead atoms. The standard InChI is InChI=1S/C43H52Cl2F2N12O5/c1-2-43(23-55-40-38(47)53-20-31(57-40)26-12-35(50-17-28(26)44)58-41(60)25-4-3-8-48-16-25)7-11-63-32(14-43)33-21-49-22-34(64-33)42(61)59-36-13-27(29(45)18-51-36)30-19-52-37(46)39(56-30)54-15-24-5-9-62-10-6-24/h12-13,17-20,24-25,32-34,48-49H,2-11,14-16,21-23H2,1H3,(H,54,56)(H,55,57)(H,50,58,60)(H,51,59,61). The minimum atomic E-state index is -0.879. The molecule has 0 aliphatic carbocycles. The molecule has 342 valence electrons.